The van der Waals surface area contributed by atoms with Crippen molar-refractivity contribution in [1.29, 1.82) is 0 Å². The van der Waals surface area contributed by atoms with Gasteiger partial charge in [-0.1, -0.05) is 0 Å². The monoisotopic (exact) mass is 369 g/mol. The second kappa shape index (κ2) is 6.24. The minimum Gasteiger partial charge on any atom is -0.322 e. The fourth-order valence-electron chi connectivity index (χ4n) is 1.48. The molecule has 18 heavy (non-hydrogen) atoms. The highest BCUT2D eigenvalue weighted by molar-refractivity contribution is 14.1. The maximum atomic E-state index is 12.0. The first-order valence-electron chi connectivity index (χ1n) is 5.40. The lowest BCUT2D eigenvalue weighted by Crippen LogP contribution is -2.11. The van der Waals surface area contributed by atoms with Crippen molar-refractivity contribution in [3.8, 4) is 0 Å². The van der Waals surface area contributed by atoms with Crippen molar-refractivity contribution in [2.24, 2.45) is 0 Å². The van der Waals surface area contributed by atoms with Crippen LogP contribution in [0.15, 0.2) is 53.4 Å². The maximum absolute atomic E-state index is 12.0. The Bertz CT molecular complexity index is 537. The number of benzene rings is 2. The Morgan fingerprint density at radius 2 is 1.67 bits per heavy atom. The third-order valence-corrected chi connectivity index (χ3v) is 3.92. The average molecular weight is 369 g/mol. The molecule has 0 unspecified atom stereocenters. The number of hydrogen-bond acceptors (Lipinski definition) is 2. The minimum atomic E-state index is -0.0803. The van der Waals surface area contributed by atoms with Gasteiger partial charge in [0.05, 0.1) is 0 Å². The molecular formula is C14H12INOS. The summed E-state index contributed by atoms with van der Waals surface area (Å²) >= 11 is 3.90. The Morgan fingerprint density at radius 3 is 2.22 bits per heavy atom. The molecule has 0 aliphatic carbocycles. The van der Waals surface area contributed by atoms with E-state index in [4.69, 9.17) is 0 Å². The molecule has 0 atom stereocenters. The summed E-state index contributed by atoms with van der Waals surface area (Å²) in [6, 6.07) is 15.3. The van der Waals surface area contributed by atoms with Crippen molar-refractivity contribution in [1.82, 2.24) is 0 Å². The van der Waals surface area contributed by atoms with Gasteiger partial charge in [-0.05, 0) is 77.4 Å². The molecule has 2 aromatic rings. The van der Waals surface area contributed by atoms with E-state index in [0.29, 0.717) is 5.56 Å². The zero-order valence-electron chi connectivity index (χ0n) is 9.81. The van der Waals surface area contributed by atoms with E-state index in [-0.39, 0.29) is 5.91 Å². The molecule has 0 radical (unpaired) electrons. The van der Waals surface area contributed by atoms with E-state index < -0.39 is 0 Å². The summed E-state index contributed by atoms with van der Waals surface area (Å²) in [5, 5.41) is 2.88. The van der Waals surface area contributed by atoms with Gasteiger partial charge in [0.2, 0.25) is 0 Å². The Morgan fingerprint density at radius 1 is 1.06 bits per heavy atom. The molecule has 92 valence electrons. The molecule has 0 heterocycles. The lowest BCUT2D eigenvalue weighted by molar-refractivity contribution is 0.102. The van der Waals surface area contributed by atoms with Crippen LogP contribution in [0.5, 0.6) is 0 Å². The molecule has 0 aliphatic rings. The third-order valence-electron chi connectivity index (χ3n) is 2.45. The molecular weight excluding hydrogens is 357 g/mol. The fraction of sp³-hybridized carbons (Fsp3) is 0.0714. The molecule has 0 aromatic heterocycles. The zero-order chi connectivity index (χ0) is 13.0. The number of hydrogen-bond donors (Lipinski definition) is 1. The van der Waals surface area contributed by atoms with Gasteiger partial charge < -0.3 is 5.32 Å². The van der Waals surface area contributed by atoms with Crippen LogP contribution in [0.3, 0.4) is 0 Å². The quantitative estimate of drug-likeness (QED) is 0.647. The van der Waals surface area contributed by atoms with Crippen LogP contribution >= 0.6 is 34.4 Å². The van der Waals surface area contributed by atoms with Gasteiger partial charge in [-0.2, -0.15) is 0 Å². The second-order valence-corrected chi connectivity index (χ2v) is 5.81. The number of anilines is 1. The Labute approximate surface area is 124 Å². The Kier molecular flexibility index (Phi) is 4.66. The van der Waals surface area contributed by atoms with Gasteiger partial charge in [0, 0.05) is 19.7 Å². The van der Waals surface area contributed by atoms with E-state index in [1.165, 1.54) is 4.90 Å². The van der Waals surface area contributed by atoms with E-state index in [1.54, 1.807) is 11.8 Å². The predicted molar refractivity (Wildman–Crippen MR) is 85.3 cm³/mol. The van der Waals surface area contributed by atoms with Gasteiger partial charge in [-0.15, -0.1) is 11.8 Å². The van der Waals surface area contributed by atoms with Crippen LogP contribution in [0.2, 0.25) is 0 Å². The van der Waals surface area contributed by atoms with Crippen LogP contribution in [0.1, 0.15) is 10.4 Å². The van der Waals surface area contributed by atoms with Gasteiger partial charge in [0.25, 0.3) is 5.91 Å². The van der Waals surface area contributed by atoms with E-state index in [0.717, 1.165) is 9.26 Å². The van der Waals surface area contributed by atoms with Crippen LogP contribution in [0, 0.1) is 3.57 Å². The predicted octanol–water partition coefficient (Wildman–Crippen LogP) is 4.27. The SMILES string of the molecule is CSc1ccc(NC(=O)c2ccc(I)cc2)cc1. The molecule has 1 N–H and O–H groups in total. The number of amides is 1. The fourth-order valence-corrected chi connectivity index (χ4v) is 2.25. The average Bonchev–Trinajstić information content (AvgIpc) is 2.40. The molecule has 2 aromatic carbocycles. The van der Waals surface area contributed by atoms with Crippen LogP contribution in [0.25, 0.3) is 0 Å². The van der Waals surface area contributed by atoms with Crippen molar-refractivity contribution in [2.75, 3.05) is 11.6 Å². The van der Waals surface area contributed by atoms with Crippen molar-refractivity contribution < 1.29 is 4.79 Å². The highest BCUT2D eigenvalue weighted by Gasteiger charge is 2.05. The number of carbonyl (C=O) groups is 1. The molecule has 0 bridgehead atoms. The lowest BCUT2D eigenvalue weighted by Gasteiger charge is -2.06. The molecule has 1 amide bonds. The van der Waals surface area contributed by atoms with Crippen LogP contribution in [0.4, 0.5) is 5.69 Å². The van der Waals surface area contributed by atoms with E-state index in [1.807, 2.05) is 54.8 Å². The van der Waals surface area contributed by atoms with Crippen LogP contribution in [-0.2, 0) is 0 Å². The van der Waals surface area contributed by atoms with Crippen molar-refractivity contribution in [3.63, 3.8) is 0 Å². The van der Waals surface area contributed by atoms with Gasteiger partial charge in [-0.25, -0.2) is 0 Å². The molecule has 0 spiro atoms. The largest absolute Gasteiger partial charge is 0.322 e. The standard InChI is InChI=1S/C14H12INOS/c1-18-13-8-6-12(7-9-13)16-14(17)10-2-4-11(15)5-3-10/h2-9H,1H3,(H,16,17). The summed E-state index contributed by atoms with van der Waals surface area (Å²) in [7, 11) is 0. The smallest absolute Gasteiger partial charge is 0.255 e. The summed E-state index contributed by atoms with van der Waals surface area (Å²) in [6.07, 6.45) is 2.03. The van der Waals surface area contributed by atoms with Crippen LogP contribution in [-0.4, -0.2) is 12.2 Å². The van der Waals surface area contributed by atoms with E-state index >= 15 is 0 Å². The zero-order valence-corrected chi connectivity index (χ0v) is 12.8. The highest BCUT2D eigenvalue weighted by Crippen LogP contribution is 2.18. The van der Waals surface area contributed by atoms with Crippen molar-refractivity contribution in [2.45, 2.75) is 4.90 Å². The minimum absolute atomic E-state index is 0.0803. The van der Waals surface area contributed by atoms with Crippen molar-refractivity contribution in [3.05, 3.63) is 57.7 Å². The summed E-state index contributed by atoms with van der Waals surface area (Å²) in [5.74, 6) is -0.0803. The van der Waals surface area contributed by atoms with Gasteiger partial charge in [0.1, 0.15) is 0 Å². The number of halogens is 1. The summed E-state index contributed by atoms with van der Waals surface area (Å²) in [5.41, 5.74) is 1.49. The highest BCUT2D eigenvalue weighted by atomic mass is 127. The first-order valence-corrected chi connectivity index (χ1v) is 7.70. The second-order valence-electron chi connectivity index (χ2n) is 3.69. The first-order chi connectivity index (χ1) is 8.69. The third kappa shape index (κ3) is 3.49. The molecule has 0 saturated heterocycles. The summed E-state index contributed by atoms with van der Waals surface area (Å²) in [6.45, 7) is 0. The van der Waals surface area contributed by atoms with Crippen LogP contribution < -0.4 is 5.32 Å². The van der Waals surface area contributed by atoms with Gasteiger partial charge in [-0.3, -0.25) is 4.79 Å². The van der Waals surface area contributed by atoms with Crippen molar-refractivity contribution >= 4 is 45.9 Å². The molecule has 2 nitrogen and oxygen atoms in total. The molecule has 2 rings (SSSR count). The number of rotatable bonds is 3. The number of nitrogens with one attached hydrogen (secondary N) is 1. The topological polar surface area (TPSA) is 29.1 Å². The molecule has 0 fully saturated rings. The molecule has 0 saturated carbocycles. The van der Waals surface area contributed by atoms with E-state index in [2.05, 4.69) is 27.9 Å². The maximum Gasteiger partial charge on any atom is 0.255 e. The number of carbonyl (C=O) groups excluding carboxylic acids is 1. The van der Waals surface area contributed by atoms with Gasteiger partial charge in [0.15, 0.2) is 0 Å². The number of thioether (sulfide) groups is 1. The molecule has 4 heteroatoms. The first kappa shape index (κ1) is 13.4. The van der Waals surface area contributed by atoms with E-state index in [9.17, 15) is 4.79 Å². The lowest BCUT2D eigenvalue weighted by atomic mass is 10.2. The Balaban J connectivity index is 2.08. The summed E-state index contributed by atoms with van der Waals surface area (Å²) in [4.78, 5) is 13.1. The Hall–Kier alpha value is -1.01. The summed E-state index contributed by atoms with van der Waals surface area (Å²) < 4.78 is 1.12. The normalized spacial score (nSPS) is 10.1. The molecule has 0 aliphatic heterocycles. The van der Waals surface area contributed by atoms with Gasteiger partial charge >= 0.3 is 0 Å².